The first-order valence-corrected chi connectivity index (χ1v) is 8.73. The molecule has 0 aliphatic carbocycles. The molecule has 5 nitrogen and oxygen atoms in total. The molecular weight excluding hydrogens is 312 g/mol. The maximum absolute atomic E-state index is 11.7. The summed E-state index contributed by atoms with van der Waals surface area (Å²) < 4.78 is 6.29. The number of aromatic nitrogens is 1. The predicted octanol–water partition coefficient (Wildman–Crippen LogP) is 3.08. The molecule has 0 saturated carbocycles. The Hall–Kier alpha value is -1.95. The van der Waals surface area contributed by atoms with Crippen LogP contribution in [0.4, 0.5) is 0 Å². The van der Waals surface area contributed by atoms with Crippen molar-refractivity contribution in [1.29, 1.82) is 0 Å². The molecular formula is C17H22N2O3S. The number of benzene rings is 1. The second-order valence-corrected chi connectivity index (χ2v) is 6.42. The highest BCUT2D eigenvalue weighted by Crippen LogP contribution is 2.22. The molecule has 0 saturated heterocycles. The summed E-state index contributed by atoms with van der Waals surface area (Å²) in [7, 11) is 0. The van der Waals surface area contributed by atoms with Crippen molar-refractivity contribution in [3.63, 3.8) is 0 Å². The van der Waals surface area contributed by atoms with Gasteiger partial charge in [0, 0.05) is 13.0 Å². The summed E-state index contributed by atoms with van der Waals surface area (Å²) in [5, 5.41) is 3.72. The molecule has 1 atom stereocenters. The average Bonchev–Trinajstić information content (AvgIpc) is 2.94. The van der Waals surface area contributed by atoms with Gasteiger partial charge >= 0.3 is 5.97 Å². The highest BCUT2D eigenvalue weighted by atomic mass is 32.1. The topological polar surface area (TPSA) is 68.3 Å². The third-order valence-electron chi connectivity index (χ3n) is 3.39. The van der Waals surface area contributed by atoms with Crippen LogP contribution in [0.25, 0.3) is 10.2 Å². The average molecular weight is 334 g/mol. The van der Waals surface area contributed by atoms with E-state index in [2.05, 4.69) is 16.4 Å². The number of ether oxygens (including phenoxy) is 1. The van der Waals surface area contributed by atoms with Crippen molar-refractivity contribution in [2.75, 3.05) is 6.54 Å². The number of nitrogens with one attached hydrogen (secondary N) is 1. The number of unbranched alkanes of at least 4 members (excludes halogenated alkanes) is 1. The zero-order valence-corrected chi connectivity index (χ0v) is 14.3. The monoisotopic (exact) mass is 334 g/mol. The van der Waals surface area contributed by atoms with E-state index in [9.17, 15) is 9.59 Å². The lowest BCUT2D eigenvalue weighted by Crippen LogP contribution is -2.35. The number of amides is 1. The van der Waals surface area contributed by atoms with Gasteiger partial charge in [0.05, 0.1) is 15.2 Å². The number of aryl methyl sites for hydroxylation is 1. The fraction of sp³-hybridized carbons (Fsp3) is 0.471. The van der Waals surface area contributed by atoms with Crippen molar-refractivity contribution in [3.05, 3.63) is 29.3 Å². The summed E-state index contributed by atoms with van der Waals surface area (Å²) in [4.78, 5) is 27.8. The van der Waals surface area contributed by atoms with Gasteiger partial charge < -0.3 is 10.1 Å². The maximum Gasteiger partial charge on any atom is 0.306 e. The number of para-hydroxylation sites is 1. The molecule has 0 spiro atoms. The number of fused-ring (bicyclic) bond motifs is 1. The van der Waals surface area contributed by atoms with Crippen molar-refractivity contribution in [1.82, 2.24) is 10.3 Å². The molecule has 1 amide bonds. The molecule has 0 bridgehead atoms. The molecule has 1 aromatic heterocycles. The summed E-state index contributed by atoms with van der Waals surface area (Å²) in [6.45, 7) is 3.95. The number of rotatable bonds is 8. The lowest BCUT2D eigenvalue weighted by Gasteiger charge is -2.12. The number of hydrogen-bond acceptors (Lipinski definition) is 5. The normalized spacial score (nSPS) is 12.1. The van der Waals surface area contributed by atoms with E-state index in [1.807, 2.05) is 25.1 Å². The Labute approximate surface area is 140 Å². The van der Waals surface area contributed by atoms with Crippen molar-refractivity contribution in [2.24, 2.45) is 0 Å². The third kappa shape index (κ3) is 5.32. The zero-order chi connectivity index (χ0) is 16.7. The van der Waals surface area contributed by atoms with Gasteiger partial charge in [0.2, 0.25) is 0 Å². The fourth-order valence-corrected chi connectivity index (χ4v) is 3.21. The van der Waals surface area contributed by atoms with Crippen LogP contribution in [0.1, 0.15) is 38.1 Å². The van der Waals surface area contributed by atoms with Gasteiger partial charge in [-0.1, -0.05) is 12.1 Å². The SMILES string of the molecule is CCNC(=O)[C@@H](C)OC(=O)CCCCc1nc2ccccc2s1. The van der Waals surface area contributed by atoms with Crippen LogP contribution in [0, 0.1) is 0 Å². The molecule has 6 heteroatoms. The number of likely N-dealkylation sites (N-methyl/N-ethyl adjacent to an activating group) is 1. The zero-order valence-electron chi connectivity index (χ0n) is 13.5. The van der Waals surface area contributed by atoms with E-state index in [4.69, 9.17) is 4.74 Å². The van der Waals surface area contributed by atoms with Crippen LogP contribution in [-0.4, -0.2) is 29.5 Å². The number of nitrogens with zero attached hydrogens (tertiary/aromatic N) is 1. The molecule has 0 radical (unpaired) electrons. The van der Waals surface area contributed by atoms with Gasteiger partial charge in [-0.05, 0) is 45.2 Å². The summed E-state index contributed by atoms with van der Waals surface area (Å²) >= 11 is 1.70. The van der Waals surface area contributed by atoms with Gasteiger partial charge in [-0.2, -0.15) is 0 Å². The van der Waals surface area contributed by atoms with Gasteiger partial charge in [-0.15, -0.1) is 11.3 Å². The number of carbonyl (C=O) groups excluding carboxylic acids is 2. The number of carbonyl (C=O) groups is 2. The van der Waals surface area contributed by atoms with Crippen LogP contribution >= 0.6 is 11.3 Å². The smallest absolute Gasteiger partial charge is 0.306 e. The van der Waals surface area contributed by atoms with Crippen molar-refractivity contribution in [3.8, 4) is 0 Å². The Morgan fingerprint density at radius 1 is 1.30 bits per heavy atom. The highest BCUT2D eigenvalue weighted by molar-refractivity contribution is 7.18. The summed E-state index contributed by atoms with van der Waals surface area (Å²) in [6.07, 6.45) is 2.07. The second-order valence-electron chi connectivity index (χ2n) is 5.31. The van der Waals surface area contributed by atoms with Crippen LogP contribution in [-0.2, 0) is 20.7 Å². The molecule has 124 valence electrons. The van der Waals surface area contributed by atoms with Crippen LogP contribution in [0.3, 0.4) is 0 Å². The van der Waals surface area contributed by atoms with Crippen LogP contribution in [0.2, 0.25) is 0 Å². The Kier molecular flexibility index (Phi) is 6.52. The predicted molar refractivity (Wildman–Crippen MR) is 91.4 cm³/mol. The summed E-state index contributed by atoms with van der Waals surface area (Å²) in [5.41, 5.74) is 1.03. The molecule has 1 aromatic carbocycles. The van der Waals surface area contributed by atoms with Crippen molar-refractivity contribution < 1.29 is 14.3 Å². The Bertz CT molecular complexity index is 636. The maximum atomic E-state index is 11.7. The van der Waals surface area contributed by atoms with Gasteiger partial charge in [-0.3, -0.25) is 9.59 Å². The summed E-state index contributed by atoms with van der Waals surface area (Å²) in [5.74, 6) is -0.580. The molecule has 0 aliphatic rings. The second kappa shape index (κ2) is 8.62. The quantitative estimate of drug-likeness (QED) is 0.595. The Morgan fingerprint density at radius 3 is 2.83 bits per heavy atom. The first-order valence-electron chi connectivity index (χ1n) is 7.91. The Balaban J connectivity index is 1.68. The van der Waals surface area contributed by atoms with E-state index in [0.717, 1.165) is 29.8 Å². The molecule has 0 fully saturated rings. The first-order chi connectivity index (χ1) is 11.1. The van der Waals surface area contributed by atoms with Gasteiger partial charge in [0.1, 0.15) is 0 Å². The third-order valence-corrected chi connectivity index (χ3v) is 4.48. The minimum Gasteiger partial charge on any atom is -0.453 e. The number of thiazole rings is 1. The Morgan fingerprint density at radius 2 is 2.09 bits per heavy atom. The lowest BCUT2D eigenvalue weighted by atomic mass is 10.2. The van der Waals surface area contributed by atoms with Crippen molar-refractivity contribution in [2.45, 2.75) is 45.6 Å². The molecule has 2 aromatic rings. The minimum absolute atomic E-state index is 0.254. The van der Waals surface area contributed by atoms with Crippen LogP contribution in [0.5, 0.6) is 0 Å². The number of esters is 1. The van der Waals surface area contributed by atoms with E-state index in [1.165, 1.54) is 4.70 Å². The van der Waals surface area contributed by atoms with E-state index < -0.39 is 6.10 Å². The molecule has 23 heavy (non-hydrogen) atoms. The molecule has 0 aliphatic heterocycles. The highest BCUT2D eigenvalue weighted by Gasteiger charge is 2.16. The minimum atomic E-state index is -0.730. The van der Waals surface area contributed by atoms with Gasteiger partial charge in [-0.25, -0.2) is 4.98 Å². The van der Waals surface area contributed by atoms with Crippen molar-refractivity contribution >= 4 is 33.4 Å². The standard InChI is InChI=1S/C17H22N2O3S/c1-3-18-17(21)12(2)22-16(20)11-7-6-10-15-19-13-8-4-5-9-14(13)23-15/h4-5,8-9,12H,3,6-7,10-11H2,1-2H3,(H,18,21)/t12-/m1/s1. The van der Waals surface area contributed by atoms with Gasteiger partial charge in [0.15, 0.2) is 6.10 Å². The molecule has 2 rings (SSSR count). The molecule has 1 heterocycles. The van der Waals surface area contributed by atoms with E-state index >= 15 is 0 Å². The number of hydrogen-bond donors (Lipinski definition) is 1. The first kappa shape index (κ1) is 17.4. The van der Waals surface area contributed by atoms with Crippen LogP contribution in [0.15, 0.2) is 24.3 Å². The van der Waals surface area contributed by atoms with E-state index in [0.29, 0.717) is 13.0 Å². The van der Waals surface area contributed by atoms with Gasteiger partial charge in [0.25, 0.3) is 5.91 Å². The largest absolute Gasteiger partial charge is 0.453 e. The molecule has 1 N–H and O–H groups in total. The summed E-state index contributed by atoms with van der Waals surface area (Å²) in [6, 6.07) is 8.07. The van der Waals surface area contributed by atoms with Crippen LogP contribution < -0.4 is 5.32 Å². The van der Waals surface area contributed by atoms with E-state index in [1.54, 1.807) is 18.3 Å². The van der Waals surface area contributed by atoms with E-state index in [-0.39, 0.29) is 11.9 Å². The molecule has 0 unspecified atom stereocenters. The fourth-order valence-electron chi connectivity index (χ4n) is 2.20. The lowest BCUT2D eigenvalue weighted by molar-refractivity contribution is -0.154.